The van der Waals surface area contributed by atoms with Crippen molar-refractivity contribution < 1.29 is 4.79 Å². The van der Waals surface area contributed by atoms with Gasteiger partial charge < -0.3 is 10.2 Å². The minimum atomic E-state index is 0.0450. The summed E-state index contributed by atoms with van der Waals surface area (Å²) in [7, 11) is 3.55. The standard InChI is InChI=1S/C14H22N2O/c1-4-5-8-11-15-13-10-7-6-9-12(13)14(17)16(2)3/h6-7,9-10,15H,4-5,8,11H2,1-3H3. The zero-order chi connectivity index (χ0) is 12.7. The van der Waals surface area contributed by atoms with Crippen molar-refractivity contribution in [3.63, 3.8) is 0 Å². The highest BCUT2D eigenvalue weighted by molar-refractivity contribution is 5.99. The number of rotatable bonds is 6. The van der Waals surface area contributed by atoms with Gasteiger partial charge in [-0.15, -0.1) is 0 Å². The number of anilines is 1. The number of benzene rings is 1. The molecule has 0 fully saturated rings. The molecule has 1 N–H and O–H groups in total. The molecule has 0 aliphatic heterocycles. The summed E-state index contributed by atoms with van der Waals surface area (Å²) in [5.41, 5.74) is 1.68. The topological polar surface area (TPSA) is 32.3 Å². The Morgan fingerprint density at radius 1 is 1.24 bits per heavy atom. The quantitative estimate of drug-likeness (QED) is 0.767. The summed E-state index contributed by atoms with van der Waals surface area (Å²) in [5.74, 6) is 0.0450. The van der Waals surface area contributed by atoms with Crippen LogP contribution in [0.25, 0.3) is 0 Å². The van der Waals surface area contributed by atoms with Gasteiger partial charge in [-0.1, -0.05) is 31.9 Å². The van der Waals surface area contributed by atoms with E-state index in [1.165, 1.54) is 12.8 Å². The molecule has 0 atom stereocenters. The average Bonchev–Trinajstić information content (AvgIpc) is 2.34. The van der Waals surface area contributed by atoms with E-state index in [-0.39, 0.29) is 5.91 Å². The van der Waals surface area contributed by atoms with Gasteiger partial charge >= 0.3 is 0 Å². The first-order valence-corrected chi connectivity index (χ1v) is 6.21. The van der Waals surface area contributed by atoms with Crippen LogP contribution in [0.2, 0.25) is 0 Å². The number of nitrogens with one attached hydrogen (secondary N) is 1. The molecule has 17 heavy (non-hydrogen) atoms. The lowest BCUT2D eigenvalue weighted by molar-refractivity contribution is 0.0828. The van der Waals surface area contributed by atoms with E-state index in [0.717, 1.165) is 24.2 Å². The van der Waals surface area contributed by atoms with Crippen molar-refractivity contribution in [1.29, 1.82) is 0 Å². The number of nitrogens with zero attached hydrogens (tertiary/aromatic N) is 1. The summed E-state index contributed by atoms with van der Waals surface area (Å²) in [6, 6.07) is 7.68. The van der Waals surface area contributed by atoms with Crippen LogP contribution in [-0.2, 0) is 0 Å². The first-order valence-electron chi connectivity index (χ1n) is 6.21. The van der Waals surface area contributed by atoms with Crippen molar-refractivity contribution in [1.82, 2.24) is 4.90 Å². The molecule has 0 aromatic heterocycles. The van der Waals surface area contributed by atoms with Crippen LogP contribution in [0.4, 0.5) is 5.69 Å². The van der Waals surface area contributed by atoms with E-state index in [0.29, 0.717) is 0 Å². The summed E-state index contributed by atoms with van der Waals surface area (Å²) in [6.07, 6.45) is 3.57. The zero-order valence-corrected chi connectivity index (χ0v) is 11.0. The van der Waals surface area contributed by atoms with E-state index in [9.17, 15) is 4.79 Å². The van der Waals surface area contributed by atoms with Crippen molar-refractivity contribution in [2.75, 3.05) is 26.0 Å². The second-order valence-electron chi connectivity index (χ2n) is 4.38. The predicted octanol–water partition coefficient (Wildman–Crippen LogP) is 2.99. The molecule has 1 aromatic rings. The number of unbranched alkanes of at least 4 members (excludes halogenated alkanes) is 2. The number of hydrogen-bond donors (Lipinski definition) is 1. The molecule has 1 aromatic carbocycles. The van der Waals surface area contributed by atoms with E-state index >= 15 is 0 Å². The third-order valence-corrected chi connectivity index (χ3v) is 2.66. The molecule has 3 heteroatoms. The van der Waals surface area contributed by atoms with Gasteiger partial charge in [-0.3, -0.25) is 4.79 Å². The summed E-state index contributed by atoms with van der Waals surface area (Å²) in [6.45, 7) is 3.11. The van der Waals surface area contributed by atoms with Gasteiger partial charge in [-0.2, -0.15) is 0 Å². The third kappa shape index (κ3) is 4.10. The number of hydrogen-bond acceptors (Lipinski definition) is 2. The van der Waals surface area contributed by atoms with E-state index in [1.807, 2.05) is 24.3 Å². The van der Waals surface area contributed by atoms with Crippen LogP contribution in [0.3, 0.4) is 0 Å². The van der Waals surface area contributed by atoms with Crippen molar-refractivity contribution in [3.8, 4) is 0 Å². The Labute approximate surface area is 104 Å². The minimum Gasteiger partial charge on any atom is -0.384 e. The fourth-order valence-corrected chi connectivity index (χ4v) is 1.66. The van der Waals surface area contributed by atoms with Crippen LogP contribution in [0.5, 0.6) is 0 Å². The van der Waals surface area contributed by atoms with Crippen molar-refractivity contribution in [2.24, 2.45) is 0 Å². The summed E-state index contributed by atoms with van der Waals surface area (Å²) in [4.78, 5) is 13.5. The summed E-state index contributed by atoms with van der Waals surface area (Å²) < 4.78 is 0. The summed E-state index contributed by atoms with van der Waals surface area (Å²) in [5, 5.41) is 3.34. The van der Waals surface area contributed by atoms with Crippen molar-refractivity contribution >= 4 is 11.6 Å². The molecule has 1 amide bonds. The number of carbonyl (C=O) groups is 1. The molecule has 0 bridgehead atoms. The SMILES string of the molecule is CCCCCNc1ccccc1C(=O)N(C)C. The maximum Gasteiger partial charge on any atom is 0.255 e. The molecule has 0 saturated heterocycles. The lowest BCUT2D eigenvalue weighted by Crippen LogP contribution is -2.23. The molecule has 0 heterocycles. The molecule has 3 nitrogen and oxygen atoms in total. The smallest absolute Gasteiger partial charge is 0.255 e. The Balaban J connectivity index is 2.68. The van der Waals surface area contributed by atoms with Gasteiger partial charge in [0.2, 0.25) is 0 Å². The van der Waals surface area contributed by atoms with E-state index in [4.69, 9.17) is 0 Å². The Morgan fingerprint density at radius 3 is 2.59 bits per heavy atom. The molecule has 1 rings (SSSR count). The first kappa shape index (κ1) is 13.6. The first-order chi connectivity index (χ1) is 8.16. The molecule has 0 aliphatic rings. The van der Waals surface area contributed by atoms with Crippen molar-refractivity contribution in [2.45, 2.75) is 26.2 Å². The van der Waals surface area contributed by atoms with E-state index < -0.39 is 0 Å². The predicted molar refractivity (Wildman–Crippen MR) is 72.5 cm³/mol. The van der Waals surface area contributed by atoms with Crippen LogP contribution in [0.1, 0.15) is 36.5 Å². The van der Waals surface area contributed by atoms with Crippen LogP contribution >= 0.6 is 0 Å². The molecule has 0 spiro atoms. The fourth-order valence-electron chi connectivity index (χ4n) is 1.66. The Hall–Kier alpha value is -1.51. The van der Waals surface area contributed by atoms with Gasteiger partial charge in [-0.25, -0.2) is 0 Å². The second kappa shape index (κ2) is 6.94. The van der Waals surface area contributed by atoms with Crippen LogP contribution in [-0.4, -0.2) is 31.4 Å². The van der Waals surface area contributed by atoms with Gasteiger partial charge in [-0.05, 0) is 18.6 Å². The Bertz CT molecular complexity index is 361. The zero-order valence-electron chi connectivity index (χ0n) is 11.0. The molecule has 0 unspecified atom stereocenters. The average molecular weight is 234 g/mol. The molecular formula is C14H22N2O. The van der Waals surface area contributed by atoms with Gasteiger partial charge in [0.15, 0.2) is 0 Å². The molecule has 0 radical (unpaired) electrons. The molecule has 0 saturated carbocycles. The third-order valence-electron chi connectivity index (χ3n) is 2.66. The lowest BCUT2D eigenvalue weighted by Gasteiger charge is -2.15. The normalized spacial score (nSPS) is 10.1. The van der Waals surface area contributed by atoms with Crippen molar-refractivity contribution in [3.05, 3.63) is 29.8 Å². The number of para-hydroxylation sites is 1. The maximum absolute atomic E-state index is 11.9. The molecule has 0 aliphatic carbocycles. The highest BCUT2D eigenvalue weighted by atomic mass is 16.2. The van der Waals surface area contributed by atoms with Gasteiger partial charge in [0.1, 0.15) is 0 Å². The van der Waals surface area contributed by atoms with Gasteiger partial charge in [0, 0.05) is 26.3 Å². The van der Waals surface area contributed by atoms with Gasteiger partial charge in [0.25, 0.3) is 5.91 Å². The highest BCUT2D eigenvalue weighted by Gasteiger charge is 2.11. The number of carbonyl (C=O) groups excluding carboxylic acids is 1. The Kier molecular flexibility index (Phi) is 5.53. The van der Waals surface area contributed by atoms with E-state index in [2.05, 4.69) is 12.2 Å². The largest absolute Gasteiger partial charge is 0.384 e. The Morgan fingerprint density at radius 2 is 1.94 bits per heavy atom. The van der Waals surface area contributed by atoms with Crippen LogP contribution < -0.4 is 5.32 Å². The molecular weight excluding hydrogens is 212 g/mol. The van der Waals surface area contributed by atoms with Gasteiger partial charge in [0.05, 0.1) is 5.56 Å². The molecule has 94 valence electrons. The fraction of sp³-hybridized carbons (Fsp3) is 0.500. The maximum atomic E-state index is 11.9. The van der Waals surface area contributed by atoms with Crippen LogP contribution in [0.15, 0.2) is 24.3 Å². The monoisotopic (exact) mass is 234 g/mol. The van der Waals surface area contributed by atoms with Crippen LogP contribution in [0, 0.1) is 0 Å². The second-order valence-corrected chi connectivity index (χ2v) is 4.38. The van der Waals surface area contributed by atoms with E-state index in [1.54, 1.807) is 19.0 Å². The lowest BCUT2D eigenvalue weighted by atomic mass is 10.1. The minimum absolute atomic E-state index is 0.0450. The number of amides is 1. The highest BCUT2D eigenvalue weighted by Crippen LogP contribution is 2.16. The summed E-state index contributed by atoms with van der Waals surface area (Å²) >= 11 is 0.